The monoisotopic (exact) mass is 324 g/mol. The van der Waals surface area contributed by atoms with E-state index in [1.54, 1.807) is 4.68 Å². The fraction of sp³-hybridized carbons (Fsp3) is 0.444. The molecule has 6 nitrogen and oxygen atoms in total. The number of piperidine rings is 1. The Morgan fingerprint density at radius 2 is 2.08 bits per heavy atom. The number of nitrogens with zero attached hydrogens (tertiary/aromatic N) is 4. The lowest BCUT2D eigenvalue weighted by Crippen LogP contribution is -2.32. The Labute approximate surface area is 141 Å². The standard InChI is InChI=1S/C18H24N6/c1-23-7-5-13(6-8-23)10-19-15-3-4-17-16(9-15)18(22-21-17)14-11-20-24(2)12-14/h3-4,9,11-13,19H,5-8,10H2,1-2H3,(H,21,22). The van der Waals surface area contributed by atoms with Crippen molar-refractivity contribution in [1.29, 1.82) is 0 Å². The van der Waals surface area contributed by atoms with Crippen molar-refractivity contribution in [3.8, 4) is 11.3 Å². The second-order valence-corrected chi connectivity index (χ2v) is 6.86. The van der Waals surface area contributed by atoms with E-state index in [2.05, 4.69) is 50.8 Å². The highest BCUT2D eigenvalue weighted by molar-refractivity contribution is 5.94. The molecule has 2 aromatic heterocycles. The molecule has 3 aromatic rings. The molecule has 24 heavy (non-hydrogen) atoms. The fourth-order valence-corrected chi connectivity index (χ4v) is 3.42. The molecule has 0 atom stereocenters. The Bertz CT molecular complexity index is 825. The molecule has 0 aliphatic carbocycles. The molecule has 0 unspecified atom stereocenters. The van der Waals surface area contributed by atoms with Gasteiger partial charge in [0.1, 0.15) is 5.69 Å². The van der Waals surface area contributed by atoms with Crippen LogP contribution in [0.5, 0.6) is 0 Å². The van der Waals surface area contributed by atoms with Crippen LogP contribution in [0.15, 0.2) is 30.6 Å². The van der Waals surface area contributed by atoms with Crippen molar-refractivity contribution in [3.63, 3.8) is 0 Å². The van der Waals surface area contributed by atoms with Gasteiger partial charge < -0.3 is 10.2 Å². The summed E-state index contributed by atoms with van der Waals surface area (Å²) in [6.07, 6.45) is 6.40. The molecule has 1 saturated heterocycles. The summed E-state index contributed by atoms with van der Waals surface area (Å²) in [7, 11) is 4.13. The summed E-state index contributed by atoms with van der Waals surface area (Å²) < 4.78 is 1.80. The first kappa shape index (κ1) is 15.2. The number of aromatic nitrogens is 4. The van der Waals surface area contributed by atoms with Gasteiger partial charge in [0, 0.05) is 36.4 Å². The van der Waals surface area contributed by atoms with Crippen molar-refractivity contribution in [1.82, 2.24) is 24.9 Å². The maximum absolute atomic E-state index is 4.47. The highest BCUT2D eigenvalue weighted by atomic mass is 15.2. The Morgan fingerprint density at radius 3 is 2.83 bits per heavy atom. The largest absolute Gasteiger partial charge is 0.385 e. The van der Waals surface area contributed by atoms with E-state index < -0.39 is 0 Å². The number of fused-ring (bicyclic) bond motifs is 1. The van der Waals surface area contributed by atoms with Crippen molar-refractivity contribution in [2.24, 2.45) is 13.0 Å². The molecule has 0 saturated carbocycles. The van der Waals surface area contributed by atoms with E-state index in [0.717, 1.165) is 40.3 Å². The zero-order valence-electron chi connectivity index (χ0n) is 14.3. The van der Waals surface area contributed by atoms with Crippen LogP contribution in [0.2, 0.25) is 0 Å². The number of benzene rings is 1. The molecule has 0 amide bonds. The van der Waals surface area contributed by atoms with Crippen LogP contribution in [0.3, 0.4) is 0 Å². The Balaban J connectivity index is 1.52. The Kier molecular flexibility index (Phi) is 3.98. The van der Waals surface area contributed by atoms with Gasteiger partial charge in [-0.2, -0.15) is 10.2 Å². The maximum Gasteiger partial charge on any atom is 0.103 e. The fourth-order valence-electron chi connectivity index (χ4n) is 3.42. The van der Waals surface area contributed by atoms with E-state index >= 15 is 0 Å². The van der Waals surface area contributed by atoms with Gasteiger partial charge >= 0.3 is 0 Å². The number of aryl methyl sites for hydroxylation is 1. The number of hydrogen-bond donors (Lipinski definition) is 2. The van der Waals surface area contributed by atoms with Gasteiger partial charge in [0.2, 0.25) is 0 Å². The molecule has 3 heterocycles. The molecule has 126 valence electrons. The van der Waals surface area contributed by atoms with Crippen LogP contribution in [0.4, 0.5) is 5.69 Å². The quantitative estimate of drug-likeness (QED) is 0.774. The maximum atomic E-state index is 4.47. The number of nitrogens with one attached hydrogen (secondary N) is 2. The summed E-state index contributed by atoms with van der Waals surface area (Å²) in [4.78, 5) is 2.41. The lowest BCUT2D eigenvalue weighted by molar-refractivity contribution is 0.226. The number of H-pyrrole nitrogens is 1. The number of anilines is 1. The van der Waals surface area contributed by atoms with Gasteiger partial charge in [-0.1, -0.05) is 0 Å². The highest BCUT2D eigenvalue weighted by Gasteiger charge is 2.16. The van der Waals surface area contributed by atoms with E-state index in [0.29, 0.717) is 0 Å². The summed E-state index contributed by atoms with van der Waals surface area (Å²) in [6.45, 7) is 3.45. The summed E-state index contributed by atoms with van der Waals surface area (Å²) in [5.74, 6) is 0.763. The third kappa shape index (κ3) is 3.01. The molecule has 2 N–H and O–H groups in total. The summed E-state index contributed by atoms with van der Waals surface area (Å²) >= 11 is 0. The van der Waals surface area contributed by atoms with Gasteiger partial charge in [0.15, 0.2) is 0 Å². The molecule has 1 aromatic carbocycles. The first-order chi connectivity index (χ1) is 11.7. The molecule has 0 spiro atoms. The van der Waals surface area contributed by atoms with Crippen molar-refractivity contribution in [2.75, 3.05) is 32.0 Å². The van der Waals surface area contributed by atoms with E-state index in [1.165, 1.54) is 25.9 Å². The molecule has 0 bridgehead atoms. The van der Waals surface area contributed by atoms with Crippen LogP contribution in [0, 0.1) is 5.92 Å². The summed E-state index contributed by atoms with van der Waals surface area (Å²) in [5, 5.41) is 16.6. The van der Waals surface area contributed by atoms with Crippen LogP contribution in [0.1, 0.15) is 12.8 Å². The second kappa shape index (κ2) is 6.28. The summed E-state index contributed by atoms with van der Waals surface area (Å²) in [5.41, 5.74) is 4.21. The normalized spacial score (nSPS) is 16.8. The van der Waals surface area contributed by atoms with Crippen LogP contribution < -0.4 is 5.32 Å². The first-order valence-electron chi connectivity index (χ1n) is 8.58. The van der Waals surface area contributed by atoms with Gasteiger partial charge in [0.25, 0.3) is 0 Å². The van der Waals surface area contributed by atoms with Crippen LogP contribution in [-0.2, 0) is 7.05 Å². The first-order valence-corrected chi connectivity index (χ1v) is 8.58. The van der Waals surface area contributed by atoms with E-state index in [4.69, 9.17) is 0 Å². The van der Waals surface area contributed by atoms with Crippen LogP contribution in [0.25, 0.3) is 22.2 Å². The average Bonchev–Trinajstić information content (AvgIpc) is 3.20. The smallest absolute Gasteiger partial charge is 0.103 e. The number of rotatable bonds is 4. The minimum atomic E-state index is 0.763. The third-order valence-corrected chi connectivity index (χ3v) is 4.97. The minimum Gasteiger partial charge on any atom is -0.385 e. The predicted octanol–water partition coefficient (Wildman–Crippen LogP) is 2.72. The van der Waals surface area contributed by atoms with Gasteiger partial charge in [-0.3, -0.25) is 9.78 Å². The van der Waals surface area contributed by atoms with Crippen molar-refractivity contribution < 1.29 is 0 Å². The van der Waals surface area contributed by atoms with E-state index in [9.17, 15) is 0 Å². The number of hydrogen-bond acceptors (Lipinski definition) is 4. The molecule has 1 aliphatic heterocycles. The molecule has 6 heteroatoms. The SMILES string of the molecule is CN1CCC(CNc2ccc3[nH]nc(-c4cnn(C)c4)c3c2)CC1. The lowest BCUT2D eigenvalue weighted by atomic mass is 9.97. The van der Waals surface area contributed by atoms with Crippen molar-refractivity contribution in [2.45, 2.75) is 12.8 Å². The van der Waals surface area contributed by atoms with Crippen LogP contribution in [-0.4, -0.2) is 51.6 Å². The van der Waals surface area contributed by atoms with Gasteiger partial charge in [-0.25, -0.2) is 0 Å². The minimum absolute atomic E-state index is 0.763. The third-order valence-electron chi connectivity index (χ3n) is 4.97. The van der Waals surface area contributed by atoms with E-state index in [1.807, 2.05) is 19.4 Å². The molecular formula is C18H24N6. The molecule has 0 radical (unpaired) electrons. The molecule has 1 fully saturated rings. The number of likely N-dealkylation sites (tertiary alicyclic amines) is 1. The molecular weight excluding hydrogens is 300 g/mol. The van der Waals surface area contributed by atoms with Gasteiger partial charge in [-0.05, 0) is 57.1 Å². The Hall–Kier alpha value is -2.34. The Morgan fingerprint density at radius 1 is 1.25 bits per heavy atom. The topological polar surface area (TPSA) is 61.8 Å². The highest BCUT2D eigenvalue weighted by Crippen LogP contribution is 2.28. The average molecular weight is 324 g/mol. The zero-order chi connectivity index (χ0) is 16.5. The molecule has 4 rings (SSSR count). The van der Waals surface area contributed by atoms with Gasteiger partial charge in [0.05, 0.1) is 11.7 Å². The predicted molar refractivity (Wildman–Crippen MR) is 97.0 cm³/mol. The van der Waals surface area contributed by atoms with Gasteiger partial charge in [-0.15, -0.1) is 0 Å². The lowest BCUT2D eigenvalue weighted by Gasteiger charge is -2.29. The molecule has 1 aliphatic rings. The van der Waals surface area contributed by atoms with Crippen molar-refractivity contribution >= 4 is 16.6 Å². The van der Waals surface area contributed by atoms with Crippen molar-refractivity contribution in [3.05, 3.63) is 30.6 Å². The number of aromatic amines is 1. The van der Waals surface area contributed by atoms with E-state index in [-0.39, 0.29) is 0 Å². The summed E-state index contributed by atoms with van der Waals surface area (Å²) in [6, 6.07) is 6.41. The van der Waals surface area contributed by atoms with Crippen LogP contribution >= 0.6 is 0 Å². The second-order valence-electron chi connectivity index (χ2n) is 6.86. The zero-order valence-corrected chi connectivity index (χ0v) is 14.3.